The lowest BCUT2D eigenvalue weighted by atomic mass is 9.85. The molecule has 6 nitrogen and oxygen atoms in total. The lowest BCUT2D eigenvalue weighted by Crippen LogP contribution is -2.37. The van der Waals surface area contributed by atoms with Gasteiger partial charge in [-0.3, -0.25) is 0 Å². The molecule has 2 aliphatic rings. The Bertz CT molecular complexity index is 1110. The first-order valence-electron chi connectivity index (χ1n) is 10.7. The summed E-state index contributed by atoms with van der Waals surface area (Å²) in [5, 5.41) is 30.2. The molecule has 1 aliphatic carbocycles. The van der Waals surface area contributed by atoms with E-state index in [0.717, 1.165) is 29.5 Å². The van der Waals surface area contributed by atoms with Gasteiger partial charge in [0.25, 0.3) is 0 Å². The van der Waals surface area contributed by atoms with Crippen molar-refractivity contribution in [2.24, 2.45) is 0 Å². The summed E-state index contributed by atoms with van der Waals surface area (Å²) in [4.78, 5) is 13.0. The maximum absolute atomic E-state index is 13.0. The molecule has 6 heteroatoms. The highest BCUT2D eigenvalue weighted by Gasteiger charge is 2.47. The summed E-state index contributed by atoms with van der Waals surface area (Å²) in [7, 11) is 0. The van der Waals surface area contributed by atoms with Gasteiger partial charge in [0.15, 0.2) is 12.4 Å². The van der Waals surface area contributed by atoms with Gasteiger partial charge in [0.05, 0.1) is 5.56 Å². The average Bonchev–Trinajstić information content (AvgIpc) is 3.06. The number of carbonyl (C=O) groups excluding carboxylic acids is 1. The molecular formula is C26H24O6. The Labute approximate surface area is 185 Å². The molecule has 3 N–H and O–H groups in total. The molecule has 0 spiro atoms. The second-order valence-corrected chi connectivity index (χ2v) is 8.27. The van der Waals surface area contributed by atoms with E-state index in [2.05, 4.69) is 0 Å². The Kier molecular flexibility index (Phi) is 5.53. The van der Waals surface area contributed by atoms with Gasteiger partial charge in [0.1, 0.15) is 18.3 Å². The average molecular weight is 432 g/mol. The van der Waals surface area contributed by atoms with Crippen LogP contribution in [0.3, 0.4) is 0 Å². The summed E-state index contributed by atoms with van der Waals surface area (Å²) >= 11 is 0. The highest BCUT2D eigenvalue weighted by molar-refractivity contribution is 5.90. The van der Waals surface area contributed by atoms with Gasteiger partial charge < -0.3 is 24.8 Å². The zero-order valence-electron chi connectivity index (χ0n) is 17.3. The Balaban J connectivity index is 1.40. The molecule has 164 valence electrons. The molecule has 0 aromatic heterocycles. The van der Waals surface area contributed by atoms with Crippen molar-refractivity contribution in [3.05, 3.63) is 95.1 Å². The topological polar surface area (TPSA) is 96.2 Å². The minimum atomic E-state index is -1.55. The van der Waals surface area contributed by atoms with Crippen molar-refractivity contribution in [3.8, 4) is 11.1 Å². The molecule has 0 bridgehead atoms. The molecule has 3 aromatic carbocycles. The van der Waals surface area contributed by atoms with Crippen LogP contribution in [-0.4, -0.2) is 45.9 Å². The molecule has 1 saturated heterocycles. The van der Waals surface area contributed by atoms with Crippen LogP contribution < -0.4 is 0 Å². The van der Waals surface area contributed by atoms with Crippen molar-refractivity contribution >= 4 is 5.97 Å². The number of hydrogen-bond donors (Lipinski definition) is 3. The van der Waals surface area contributed by atoms with Crippen LogP contribution in [0.2, 0.25) is 0 Å². The van der Waals surface area contributed by atoms with Gasteiger partial charge in [-0.1, -0.05) is 60.7 Å². The molecule has 0 amide bonds. The van der Waals surface area contributed by atoms with E-state index in [1.165, 1.54) is 5.56 Å². The van der Waals surface area contributed by atoms with Crippen molar-refractivity contribution in [1.29, 1.82) is 0 Å². The number of aliphatic hydroxyl groups excluding tert-OH is 3. The fraction of sp³-hybridized carbons (Fsp3) is 0.269. The molecule has 1 aliphatic heterocycles. The van der Waals surface area contributed by atoms with Gasteiger partial charge in [0.2, 0.25) is 0 Å². The fourth-order valence-electron chi connectivity index (χ4n) is 4.26. The summed E-state index contributed by atoms with van der Waals surface area (Å²) in [6, 6.07) is 22.6. The number of fused-ring (bicyclic) bond motifs is 1. The molecule has 1 heterocycles. The van der Waals surface area contributed by atoms with E-state index in [9.17, 15) is 20.1 Å². The van der Waals surface area contributed by atoms with E-state index in [1.54, 1.807) is 12.1 Å². The maximum Gasteiger partial charge on any atom is 0.338 e. The molecule has 32 heavy (non-hydrogen) atoms. The number of aliphatic hydroxyl groups is 3. The maximum atomic E-state index is 13.0. The number of esters is 1. The molecule has 5 atom stereocenters. The van der Waals surface area contributed by atoms with Crippen molar-refractivity contribution in [1.82, 2.24) is 0 Å². The van der Waals surface area contributed by atoms with E-state index in [4.69, 9.17) is 9.47 Å². The SMILES string of the molecule is O=C(O[C@H](c1ccc2c(c1)CC2)[C@H]1OC(O)[C@H](O)[C@@H]1O)c1ccc(-c2ccccc2)cc1. The Morgan fingerprint density at radius 3 is 2.12 bits per heavy atom. The van der Waals surface area contributed by atoms with Crippen LogP contribution in [0.5, 0.6) is 0 Å². The first kappa shape index (κ1) is 20.8. The van der Waals surface area contributed by atoms with Gasteiger partial charge in [-0.2, -0.15) is 0 Å². The van der Waals surface area contributed by atoms with Gasteiger partial charge in [0, 0.05) is 0 Å². The van der Waals surface area contributed by atoms with Crippen LogP contribution in [0.15, 0.2) is 72.8 Å². The van der Waals surface area contributed by atoms with Crippen LogP contribution in [0.1, 0.15) is 33.2 Å². The monoisotopic (exact) mass is 432 g/mol. The van der Waals surface area contributed by atoms with E-state index in [-0.39, 0.29) is 0 Å². The summed E-state index contributed by atoms with van der Waals surface area (Å²) < 4.78 is 11.2. The van der Waals surface area contributed by atoms with Crippen molar-refractivity contribution in [2.45, 2.75) is 43.5 Å². The summed E-state index contributed by atoms with van der Waals surface area (Å²) in [6.07, 6.45) is -4.55. The highest BCUT2D eigenvalue weighted by atomic mass is 16.7. The lowest BCUT2D eigenvalue weighted by molar-refractivity contribution is -0.148. The zero-order chi connectivity index (χ0) is 22.2. The highest BCUT2D eigenvalue weighted by Crippen LogP contribution is 2.36. The second-order valence-electron chi connectivity index (χ2n) is 8.27. The number of ether oxygens (including phenoxy) is 2. The Morgan fingerprint density at radius 2 is 1.53 bits per heavy atom. The predicted octanol–water partition coefficient (Wildman–Crippen LogP) is 2.79. The molecule has 3 aromatic rings. The number of hydrogen-bond acceptors (Lipinski definition) is 6. The molecule has 1 fully saturated rings. The number of carbonyl (C=O) groups is 1. The van der Waals surface area contributed by atoms with Crippen LogP contribution >= 0.6 is 0 Å². The Morgan fingerprint density at radius 1 is 0.844 bits per heavy atom. The second kappa shape index (κ2) is 8.48. The summed E-state index contributed by atoms with van der Waals surface area (Å²) in [6.45, 7) is 0. The number of rotatable bonds is 5. The summed E-state index contributed by atoms with van der Waals surface area (Å²) in [5.41, 5.74) is 5.42. The first-order valence-corrected chi connectivity index (χ1v) is 10.7. The van der Waals surface area contributed by atoms with Crippen LogP contribution in [0, 0.1) is 0 Å². The van der Waals surface area contributed by atoms with Crippen LogP contribution in [0.25, 0.3) is 11.1 Å². The van der Waals surface area contributed by atoms with Gasteiger partial charge in [-0.25, -0.2) is 4.79 Å². The molecule has 0 saturated carbocycles. The van der Waals surface area contributed by atoms with Crippen LogP contribution in [-0.2, 0) is 22.3 Å². The van der Waals surface area contributed by atoms with Gasteiger partial charge in [-0.05, 0) is 52.8 Å². The standard InChI is InChI=1S/C26H24O6/c27-21-22(28)26(30)32-24(21)23(20-13-9-17-8-12-19(17)14-20)31-25(29)18-10-6-16(7-11-18)15-4-2-1-3-5-15/h1-7,9-11,13-14,21-24,26-28,30H,8,12H2/t21-,22+,23+,24-,26?/m0/s1. The quantitative estimate of drug-likeness (QED) is 0.537. The first-order chi connectivity index (χ1) is 15.5. The largest absolute Gasteiger partial charge is 0.451 e. The number of aryl methyl sites for hydroxylation is 2. The third-order valence-electron chi connectivity index (χ3n) is 6.26. The third kappa shape index (κ3) is 3.82. The fourth-order valence-corrected chi connectivity index (χ4v) is 4.26. The normalized spacial score (nSPS) is 25.0. The number of benzene rings is 3. The minimum absolute atomic E-state index is 0.354. The van der Waals surface area contributed by atoms with E-state index >= 15 is 0 Å². The van der Waals surface area contributed by atoms with Crippen molar-refractivity contribution in [2.75, 3.05) is 0 Å². The zero-order valence-corrected chi connectivity index (χ0v) is 17.3. The lowest BCUT2D eigenvalue weighted by Gasteiger charge is -2.28. The smallest absolute Gasteiger partial charge is 0.338 e. The van der Waals surface area contributed by atoms with E-state index in [1.807, 2.05) is 60.7 Å². The van der Waals surface area contributed by atoms with Gasteiger partial charge in [-0.15, -0.1) is 0 Å². The molecular weight excluding hydrogens is 408 g/mol. The Hall–Kier alpha value is -3.03. The van der Waals surface area contributed by atoms with Crippen molar-refractivity contribution in [3.63, 3.8) is 0 Å². The summed E-state index contributed by atoms with van der Waals surface area (Å²) in [5.74, 6) is -0.580. The van der Waals surface area contributed by atoms with Gasteiger partial charge >= 0.3 is 5.97 Å². The molecule has 0 radical (unpaired) electrons. The molecule has 5 rings (SSSR count). The minimum Gasteiger partial charge on any atom is -0.451 e. The van der Waals surface area contributed by atoms with E-state index in [0.29, 0.717) is 11.1 Å². The van der Waals surface area contributed by atoms with E-state index < -0.39 is 36.7 Å². The third-order valence-corrected chi connectivity index (χ3v) is 6.26. The predicted molar refractivity (Wildman–Crippen MR) is 117 cm³/mol. The molecule has 1 unspecified atom stereocenters. The van der Waals surface area contributed by atoms with Crippen molar-refractivity contribution < 1.29 is 29.6 Å². The van der Waals surface area contributed by atoms with Crippen LogP contribution in [0.4, 0.5) is 0 Å².